The van der Waals surface area contributed by atoms with Gasteiger partial charge in [0.1, 0.15) is 6.71 Å². The average Bonchev–Trinajstić information content (AvgIpc) is 2.42. The Balaban J connectivity index is 0.000000980. The fourth-order valence-corrected chi connectivity index (χ4v) is 1.52. The molecule has 0 spiro atoms. The maximum Gasteiger partial charge on any atom is 0.215 e. The van der Waals surface area contributed by atoms with Gasteiger partial charge in [-0.3, -0.25) is 4.79 Å². The van der Waals surface area contributed by atoms with Gasteiger partial charge in [-0.25, -0.2) is 0 Å². The number of hydrogen-bond donors (Lipinski definition) is 1. The van der Waals surface area contributed by atoms with Crippen molar-refractivity contribution in [1.29, 1.82) is 0 Å². The predicted molar refractivity (Wildman–Crippen MR) is 54.7 cm³/mol. The Kier molecular flexibility index (Phi) is 3.91. The van der Waals surface area contributed by atoms with Gasteiger partial charge in [0.05, 0.1) is 0 Å². The second kappa shape index (κ2) is 4.59. The van der Waals surface area contributed by atoms with Crippen LogP contribution in [0, 0.1) is 6.07 Å². The first-order valence-electron chi connectivity index (χ1n) is 4.51. The molecule has 69 valence electrons. The van der Waals surface area contributed by atoms with Crippen molar-refractivity contribution in [2.75, 3.05) is 5.32 Å². The first-order valence-corrected chi connectivity index (χ1v) is 4.51. The van der Waals surface area contributed by atoms with E-state index in [0.717, 1.165) is 11.3 Å². The fourth-order valence-electron chi connectivity index (χ4n) is 1.52. The first kappa shape index (κ1) is 11.9. The molecule has 4 heteroatoms. The number of benzene rings is 1. The molecule has 0 saturated carbocycles. The van der Waals surface area contributed by atoms with E-state index < -0.39 is 0 Å². The van der Waals surface area contributed by atoms with Gasteiger partial charge in [0, 0.05) is 39.1 Å². The van der Waals surface area contributed by atoms with Gasteiger partial charge in [-0.05, 0) is 0 Å². The molecule has 1 heterocycles. The quantitative estimate of drug-likeness (QED) is 0.591. The number of rotatable bonds is 1. The molecule has 1 amide bonds. The molecule has 0 saturated heterocycles. The molecule has 2 nitrogen and oxygen atoms in total. The minimum Gasteiger partial charge on any atom is -0.379 e. The Labute approximate surface area is 110 Å². The van der Waals surface area contributed by atoms with Gasteiger partial charge in [0.25, 0.3) is 0 Å². The third-order valence-electron chi connectivity index (χ3n) is 2.31. The molecule has 1 aromatic rings. The van der Waals surface area contributed by atoms with Crippen LogP contribution in [0.25, 0.3) is 0 Å². The first-order chi connectivity index (χ1) is 6.16. The minimum absolute atomic E-state index is 0. The smallest absolute Gasteiger partial charge is 0.215 e. The van der Waals surface area contributed by atoms with Gasteiger partial charge in [-0.1, -0.05) is 19.3 Å². The third kappa shape index (κ3) is 2.26. The van der Waals surface area contributed by atoms with Crippen molar-refractivity contribution in [1.82, 2.24) is 0 Å². The summed E-state index contributed by atoms with van der Waals surface area (Å²) in [7, 11) is 0. The molecule has 0 unspecified atom stereocenters. The second-order valence-electron chi connectivity index (χ2n) is 3.71. The standard InChI is InChI=1S/C10H11BNO.Y/c1-11(2)8-3-4-9-7(5-8)6-10(13)12-9;/h4-5H,6H2,1-2H3,(H,12,13);/q-1;. The van der Waals surface area contributed by atoms with E-state index in [1.165, 1.54) is 5.46 Å². The second-order valence-corrected chi connectivity index (χ2v) is 3.71. The predicted octanol–water partition coefficient (Wildman–Crippen LogP) is 0.940. The van der Waals surface area contributed by atoms with E-state index in [4.69, 9.17) is 0 Å². The topological polar surface area (TPSA) is 29.1 Å². The van der Waals surface area contributed by atoms with E-state index in [2.05, 4.69) is 31.1 Å². The largest absolute Gasteiger partial charge is 0.379 e. The van der Waals surface area contributed by atoms with Gasteiger partial charge < -0.3 is 5.32 Å². The maximum atomic E-state index is 11.1. The molecule has 1 aliphatic rings. The Bertz CT molecular complexity index is 365. The van der Waals surface area contributed by atoms with E-state index >= 15 is 0 Å². The zero-order valence-corrected chi connectivity index (χ0v) is 11.3. The van der Waals surface area contributed by atoms with Crippen LogP contribution >= 0.6 is 0 Å². The molecule has 2 rings (SSSR count). The van der Waals surface area contributed by atoms with Gasteiger partial charge in [0.2, 0.25) is 5.91 Å². The molecule has 1 aromatic carbocycles. The summed E-state index contributed by atoms with van der Waals surface area (Å²) in [5.41, 5.74) is 3.21. The molecule has 0 fully saturated rings. The maximum absolute atomic E-state index is 11.1. The summed E-state index contributed by atoms with van der Waals surface area (Å²) in [6.07, 6.45) is 0.518. The van der Waals surface area contributed by atoms with Crippen molar-refractivity contribution in [2.45, 2.75) is 20.1 Å². The Hall–Kier alpha value is -0.141. The molecule has 1 N–H and O–H groups in total. The number of carbonyl (C=O) groups is 1. The zero-order chi connectivity index (χ0) is 9.42. The van der Waals surface area contributed by atoms with Crippen LogP contribution in [-0.4, -0.2) is 12.6 Å². The summed E-state index contributed by atoms with van der Waals surface area (Å²) in [6.45, 7) is 4.73. The van der Waals surface area contributed by atoms with Crippen LogP contribution in [0.15, 0.2) is 12.1 Å². The Morgan fingerprint density at radius 3 is 2.86 bits per heavy atom. The Morgan fingerprint density at radius 1 is 1.50 bits per heavy atom. The monoisotopic (exact) mass is 261 g/mol. The van der Waals surface area contributed by atoms with E-state index in [-0.39, 0.29) is 38.6 Å². The molecule has 14 heavy (non-hydrogen) atoms. The summed E-state index contributed by atoms with van der Waals surface area (Å²) in [5, 5.41) is 2.79. The van der Waals surface area contributed by atoms with Crippen LogP contribution in [0.3, 0.4) is 0 Å². The van der Waals surface area contributed by atoms with Gasteiger partial charge in [-0.2, -0.15) is 23.7 Å². The van der Waals surface area contributed by atoms with Crippen LogP contribution in [0.5, 0.6) is 0 Å². The molecular weight excluding hydrogens is 250 g/mol. The average molecular weight is 261 g/mol. The summed E-state index contributed by atoms with van der Waals surface area (Å²) >= 11 is 0. The van der Waals surface area contributed by atoms with Crippen LogP contribution in [-0.2, 0) is 43.9 Å². The van der Waals surface area contributed by atoms with Gasteiger partial charge >= 0.3 is 0 Å². The van der Waals surface area contributed by atoms with Crippen LogP contribution in [0.2, 0.25) is 13.6 Å². The third-order valence-corrected chi connectivity index (χ3v) is 2.31. The molecular formula is C10H11BNOY-. The molecule has 1 aliphatic heterocycles. The van der Waals surface area contributed by atoms with Crippen LogP contribution in [0.1, 0.15) is 5.56 Å². The number of hydrogen-bond acceptors (Lipinski definition) is 1. The van der Waals surface area contributed by atoms with Gasteiger partial charge in [-0.15, -0.1) is 5.56 Å². The molecule has 1 radical (unpaired) electrons. The molecule has 0 atom stereocenters. The SMILES string of the molecule is CB(C)c1[c-]cc2c(c1)CC(=O)N2.[Y]. The van der Waals surface area contributed by atoms with Crippen molar-refractivity contribution >= 4 is 23.8 Å². The number of nitrogens with one attached hydrogen (secondary N) is 1. The van der Waals surface area contributed by atoms with Gasteiger partial charge in [0.15, 0.2) is 0 Å². The van der Waals surface area contributed by atoms with Crippen molar-refractivity contribution in [3.05, 3.63) is 23.8 Å². The van der Waals surface area contributed by atoms with E-state index in [9.17, 15) is 4.79 Å². The zero-order valence-electron chi connectivity index (χ0n) is 8.42. The minimum atomic E-state index is 0. The van der Waals surface area contributed by atoms with Crippen molar-refractivity contribution < 1.29 is 37.5 Å². The van der Waals surface area contributed by atoms with Crippen molar-refractivity contribution in [3.8, 4) is 0 Å². The number of carbonyl (C=O) groups excluding carboxylic acids is 1. The van der Waals surface area contributed by atoms with E-state index in [1.54, 1.807) is 0 Å². The number of fused-ring (bicyclic) bond motifs is 1. The number of amides is 1. The summed E-state index contributed by atoms with van der Waals surface area (Å²) < 4.78 is 0. The normalized spacial score (nSPS) is 12.9. The molecule has 0 aromatic heterocycles. The number of anilines is 1. The van der Waals surface area contributed by atoms with Crippen LogP contribution in [0.4, 0.5) is 5.69 Å². The van der Waals surface area contributed by atoms with E-state index in [0.29, 0.717) is 13.1 Å². The summed E-state index contributed by atoms with van der Waals surface area (Å²) in [4.78, 5) is 11.1. The fraction of sp³-hybridized carbons (Fsp3) is 0.300. The van der Waals surface area contributed by atoms with Crippen molar-refractivity contribution in [2.24, 2.45) is 0 Å². The Morgan fingerprint density at radius 2 is 2.21 bits per heavy atom. The molecule has 0 aliphatic carbocycles. The molecule has 0 bridgehead atoms. The summed E-state index contributed by atoms with van der Waals surface area (Å²) in [5.74, 6) is 0.0873. The van der Waals surface area contributed by atoms with Crippen LogP contribution < -0.4 is 10.8 Å². The summed E-state index contributed by atoms with van der Waals surface area (Å²) in [6, 6.07) is 7.11. The van der Waals surface area contributed by atoms with E-state index in [1.807, 2.05) is 6.07 Å². The van der Waals surface area contributed by atoms with Crippen molar-refractivity contribution in [3.63, 3.8) is 0 Å².